The molecule has 162 valence electrons. The van der Waals surface area contributed by atoms with E-state index in [1.54, 1.807) is 13.0 Å². The van der Waals surface area contributed by atoms with Crippen molar-refractivity contribution in [3.8, 4) is 39.7 Å². The molecule has 5 rings (SSSR count). The number of esters is 1. The molecule has 0 unspecified atom stereocenters. The van der Waals surface area contributed by atoms with Crippen molar-refractivity contribution in [1.29, 1.82) is 0 Å². The molecule has 0 amide bonds. The molecular weight excluding hydrogens is 412 g/mol. The number of para-hydroxylation sites is 1. The van der Waals surface area contributed by atoms with E-state index in [1.807, 2.05) is 78.9 Å². The van der Waals surface area contributed by atoms with Gasteiger partial charge in [-0.3, -0.25) is 9.67 Å². The number of rotatable bonds is 6. The summed E-state index contributed by atoms with van der Waals surface area (Å²) in [6.45, 7) is 2.07. The summed E-state index contributed by atoms with van der Waals surface area (Å²) in [6.07, 6.45) is 0. The monoisotopic (exact) mass is 434 g/mol. The van der Waals surface area contributed by atoms with Crippen molar-refractivity contribution < 1.29 is 9.53 Å². The molecule has 3 aromatic carbocycles. The molecule has 0 aliphatic heterocycles. The molecule has 0 radical (unpaired) electrons. The van der Waals surface area contributed by atoms with Gasteiger partial charge in [0, 0.05) is 22.9 Å². The number of aromatic amines is 1. The highest BCUT2D eigenvalue weighted by atomic mass is 16.5. The number of aromatic nitrogens is 4. The summed E-state index contributed by atoms with van der Waals surface area (Å²) in [5.74, 6) is 0.347. The van der Waals surface area contributed by atoms with E-state index in [-0.39, 0.29) is 0 Å². The topological polar surface area (TPSA) is 72.8 Å². The molecule has 33 heavy (non-hydrogen) atoms. The van der Waals surface area contributed by atoms with Crippen LogP contribution in [0, 0.1) is 0 Å². The Kier molecular flexibility index (Phi) is 5.55. The van der Waals surface area contributed by atoms with Gasteiger partial charge < -0.3 is 4.74 Å². The number of ether oxygens (including phenoxy) is 1. The number of nitrogens with zero attached hydrogens (tertiary/aromatic N) is 3. The first kappa shape index (κ1) is 20.5. The molecule has 0 bridgehead atoms. The molecule has 5 aromatic rings. The first-order chi connectivity index (χ1) is 16.3. The Hall–Kier alpha value is -4.45. The molecular formula is C27H22N4O2. The van der Waals surface area contributed by atoms with Gasteiger partial charge in [0.05, 0.1) is 12.3 Å². The molecule has 0 fully saturated rings. The van der Waals surface area contributed by atoms with Gasteiger partial charge in [0.25, 0.3) is 0 Å². The van der Waals surface area contributed by atoms with Gasteiger partial charge in [-0.1, -0.05) is 78.9 Å². The molecule has 6 heteroatoms. The van der Waals surface area contributed by atoms with E-state index in [2.05, 4.69) is 26.9 Å². The molecule has 0 aliphatic rings. The zero-order chi connectivity index (χ0) is 22.6. The van der Waals surface area contributed by atoms with Gasteiger partial charge in [-0.2, -0.15) is 5.10 Å². The summed E-state index contributed by atoms with van der Waals surface area (Å²) in [5, 5.41) is 7.22. The van der Waals surface area contributed by atoms with E-state index in [4.69, 9.17) is 9.72 Å². The molecule has 0 aliphatic carbocycles. The van der Waals surface area contributed by atoms with Crippen LogP contribution in [0.5, 0.6) is 0 Å². The van der Waals surface area contributed by atoms with Crippen LogP contribution in [0.25, 0.3) is 39.7 Å². The Labute approximate surface area is 191 Å². The van der Waals surface area contributed by atoms with Gasteiger partial charge in [0.2, 0.25) is 0 Å². The van der Waals surface area contributed by atoms with Crippen LogP contribution < -0.4 is 0 Å². The smallest absolute Gasteiger partial charge is 0.356 e. The van der Waals surface area contributed by atoms with Gasteiger partial charge in [0.1, 0.15) is 22.9 Å². The fourth-order valence-electron chi connectivity index (χ4n) is 3.83. The number of nitrogens with one attached hydrogen (secondary N) is 1. The van der Waals surface area contributed by atoms with Crippen LogP contribution in [0.3, 0.4) is 0 Å². The summed E-state index contributed by atoms with van der Waals surface area (Å²) < 4.78 is 7.26. The SMILES string of the molecule is CCOC(=O)c1cc(-c2nc(-c3ccccc3)n(-c3ccccc3)c2-c2ccccc2)n[nH]1. The Bertz CT molecular complexity index is 1370. The van der Waals surface area contributed by atoms with E-state index in [1.165, 1.54) is 0 Å². The molecule has 0 spiro atoms. The number of hydrogen-bond donors (Lipinski definition) is 1. The lowest BCUT2D eigenvalue weighted by Gasteiger charge is -2.13. The summed E-state index contributed by atoms with van der Waals surface area (Å²) in [6, 6.07) is 31.9. The van der Waals surface area contributed by atoms with Crippen molar-refractivity contribution in [3.63, 3.8) is 0 Å². The van der Waals surface area contributed by atoms with Gasteiger partial charge >= 0.3 is 5.97 Å². The predicted octanol–water partition coefficient (Wildman–Crippen LogP) is 5.77. The fourth-order valence-corrected chi connectivity index (χ4v) is 3.83. The van der Waals surface area contributed by atoms with Crippen molar-refractivity contribution in [2.45, 2.75) is 6.92 Å². The molecule has 2 aromatic heterocycles. The molecule has 1 N–H and O–H groups in total. The van der Waals surface area contributed by atoms with E-state index >= 15 is 0 Å². The third-order valence-electron chi connectivity index (χ3n) is 5.29. The van der Waals surface area contributed by atoms with E-state index < -0.39 is 5.97 Å². The summed E-state index contributed by atoms with van der Waals surface area (Å²) >= 11 is 0. The van der Waals surface area contributed by atoms with Crippen molar-refractivity contribution in [3.05, 3.63) is 103 Å². The van der Waals surface area contributed by atoms with Crippen LogP contribution in [0.4, 0.5) is 0 Å². The molecule has 0 atom stereocenters. The second-order valence-corrected chi connectivity index (χ2v) is 7.42. The highest BCUT2D eigenvalue weighted by Gasteiger charge is 2.24. The van der Waals surface area contributed by atoms with Crippen molar-refractivity contribution in [1.82, 2.24) is 19.7 Å². The third kappa shape index (κ3) is 3.94. The minimum absolute atomic E-state index is 0.293. The van der Waals surface area contributed by atoms with Crippen LogP contribution >= 0.6 is 0 Å². The normalized spacial score (nSPS) is 10.8. The number of benzene rings is 3. The maximum Gasteiger partial charge on any atom is 0.356 e. The fraction of sp³-hybridized carbons (Fsp3) is 0.0741. The maximum atomic E-state index is 12.2. The molecule has 6 nitrogen and oxygen atoms in total. The van der Waals surface area contributed by atoms with E-state index in [9.17, 15) is 4.79 Å². The van der Waals surface area contributed by atoms with Gasteiger partial charge in [-0.15, -0.1) is 0 Å². The Morgan fingerprint density at radius 3 is 2.12 bits per heavy atom. The standard InChI is InChI=1S/C27H22N4O2/c1-2-33-27(32)23-18-22(29-30-23)24-25(19-12-6-3-7-13-19)31(21-16-10-5-11-17-21)26(28-24)20-14-8-4-9-15-20/h3-18H,2H2,1H3,(H,29,30). The van der Waals surface area contributed by atoms with Crippen molar-refractivity contribution in [2.75, 3.05) is 6.61 Å². The highest BCUT2D eigenvalue weighted by molar-refractivity contribution is 5.90. The van der Waals surface area contributed by atoms with Crippen molar-refractivity contribution in [2.24, 2.45) is 0 Å². The molecule has 2 heterocycles. The zero-order valence-electron chi connectivity index (χ0n) is 18.1. The lowest BCUT2D eigenvalue weighted by Crippen LogP contribution is -2.04. The Morgan fingerprint density at radius 1 is 0.879 bits per heavy atom. The van der Waals surface area contributed by atoms with Gasteiger partial charge in [-0.25, -0.2) is 9.78 Å². The Morgan fingerprint density at radius 2 is 1.48 bits per heavy atom. The quantitative estimate of drug-likeness (QED) is 0.344. The lowest BCUT2D eigenvalue weighted by atomic mass is 10.1. The first-order valence-corrected chi connectivity index (χ1v) is 10.8. The maximum absolute atomic E-state index is 12.2. The van der Waals surface area contributed by atoms with Gasteiger partial charge in [0.15, 0.2) is 0 Å². The lowest BCUT2D eigenvalue weighted by molar-refractivity contribution is 0.0519. The molecule has 0 saturated carbocycles. The summed E-state index contributed by atoms with van der Waals surface area (Å²) in [7, 11) is 0. The third-order valence-corrected chi connectivity index (χ3v) is 5.29. The number of carbonyl (C=O) groups excluding carboxylic acids is 1. The summed E-state index contributed by atoms with van der Waals surface area (Å²) in [4.78, 5) is 17.3. The summed E-state index contributed by atoms with van der Waals surface area (Å²) in [5.41, 5.74) is 5.39. The van der Waals surface area contributed by atoms with Crippen LogP contribution in [-0.2, 0) is 4.74 Å². The minimum Gasteiger partial charge on any atom is -0.461 e. The largest absolute Gasteiger partial charge is 0.461 e. The minimum atomic E-state index is -0.441. The van der Waals surface area contributed by atoms with Gasteiger partial charge in [-0.05, 0) is 19.1 Å². The first-order valence-electron chi connectivity index (χ1n) is 10.8. The number of hydrogen-bond acceptors (Lipinski definition) is 4. The van der Waals surface area contributed by atoms with Crippen molar-refractivity contribution >= 4 is 5.97 Å². The zero-order valence-corrected chi connectivity index (χ0v) is 18.1. The van der Waals surface area contributed by atoms with Crippen LogP contribution in [0.1, 0.15) is 17.4 Å². The van der Waals surface area contributed by atoms with Crippen LogP contribution in [-0.4, -0.2) is 32.3 Å². The Balaban J connectivity index is 1.80. The molecule has 0 saturated heterocycles. The second-order valence-electron chi connectivity index (χ2n) is 7.42. The van der Waals surface area contributed by atoms with E-state index in [0.717, 1.165) is 28.3 Å². The van der Waals surface area contributed by atoms with E-state index in [0.29, 0.717) is 23.7 Å². The number of H-pyrrole nitrogens is 1. The second kappa shape index (κ2) is 8.96. The van der Waals surface area contributed by atoms with Crippen LogP contribution in [0.15, 0.2) is 97.1 Å². The predicted molar refractivity (Wildman–Crippen MR) is 128 cm³/mol. The number of imidazole rings is 1. The average Bonchev–Trinajstić information content (AvgIpc) is 3.51. The highest BCUT2D eigenvalue weighted by Crippen LogP contribution is 2.38. The average molecular weight is 434 g/mol. The number of carbonyl (C=O) groups is 1. The van der Waals surface area contributed by atoms with Crippen LogP contribution in [0.2, 0.25) is 0 Å².